The molecule has 1 unspecified atom stereocenters. The van der Waals surface area contributed by atoms with E-state index >= 15 is 0 Å². The second-order valence-electron chi connectivity index (χ2n) is 11.0. The molecular formula is C29H38N4O4. The van der Waals surface area contributed by atoms with E-state index in [2.05, 4.69) is 9.89 Å². The third-order valence-corrected chi connectivity index (χ3v) is 8.19. The van der Waals surface area contributed by atoms with Crippen LogP contribution in [0.2, 0.25) is 0 Å². The number of ether oxygens (including phenoxy) is 1. The number of piperidine rings is 1. The molecular weight excluding hydrogens is 468 g/mol. The second kappa shape index (κ2) is 11.7. The number of rotatable bonds is 9. The highest BCUT2D eigenvalue weighted by Crippen LogP contribution is 2.31. The van der Waals surface area contributed by atoms with Crippen molar-refractivity contribution in [1.82, 2.24) is 9.80 Å². The third-order valence-electron chi connectivity index (χ3n) is 8.19. The maximum absolute atomic E-state index is 13.4. The van der Waals surface area contributed by atoms with Crippen molar-refractivity contribution in [3.63, 3.8) is 0 Å². The van der Waals surface area contributed by atoms with E-state index in [1.807, 2.05) is 29.2 Å². The fourth-order valence-electron chi connectivity index (χ4n) is 5.71. The SMILES string of the molecule is COc1ccc(C(=O)C2CCN(CC(=O)N(CC3=NC(=O)C4CCCCCC4=N3)CC3CC3)CC2)cc1. The fourth-order valence-corrected chi connectivity index (χ4v) is 5.71. The first-order chi connectivity index (χ1) is 18.0. The number of nitrogens with zero attached hydrogens (tertiary/aromatic N) is 4. The van der Waals surface area contributed by atoms with Gasteiger partial charge in [-0.15, -0.1) is 0 Å². The van der Waals surface area contributed by atoms with Crippen LogP contribution in [-0.4, -0.2) is 78.8 Å². The Labute approximate surface area is 219 Å². The molecule has 0 N–H and O–H groups in total. The summed E-state index contributed by atoms with van der Waals surface area (Å²) in [6, 6.07) is 7.29. The van der Waals surface area contributed by atoms with E-state index in [9.17, 15) is 14.4 Å². The van der Waals surface area contributed by atoms with Crippen LogP contribution in [0.5, 0.6) is 5.75 Å². The van der Waals surface area contributed by atoms with E-state index in [1.165, 1.54) is 0 Å². The van der Waals surface area contributed by atoms with Crippen LogP contribution in [0.3, 0.4) is 0 Å². The molecule has 2 aliphatic carbocycles. The molecule has 1 aromatic carbocycles. The van der Waals surface area contributed by atoms with E-state index in [-0.39, 0.29) is 29.4 Å². The van der Waals surface area contributed by atoms with Crippen LogP contribution in [0.1, 0.15) is 68.1 Å². The lowest BCUT2D eigenvalue weighted by molar-refractivity contribution is -0.132. The first kappa shape index (κ1) is 25.8. The molecule has 1 atom stereocenters. The van der Waals surface area contributed by atoms with Crippen molar-refractivity contribution in [3.05, 3.63) is 29.8 Å². The van der Waals surface area contributed by atoms with Gasteiger partial charge in [0.15, 0.2) is 11.6 Å². The second-order valence-corrected chi connectivity index (χ2v) is 11.0. The molecule has 3 fully saturated rings. The highest BCUT2D eigenvalue weighted by Gasteiger charge is 2.33. The number of aliphatic imine (C=N–C) groups is 2. The van der Waals surface area contributed by atoms with Crippen LogP contribution in [0, 0.1) is 17.8 Å². The molecule has 0 aromatic heterocycles. The number of Topliss-reactive ketones (excluding diaryl/α,β-unsaturated/α-hetero) is 1. The Morgan fingerprint density at radius 2 is 1.76 bits per heavy atom. The van der Waals surface area contributed by atoms with Crippen LogP contribution in [0.15, 0.2) is 34.3 Å². The summed E-state index contributed by atoms with van der Waals surface area (Å²) in [6.07, 6.45) is 8.73. The van der Waals surface area contributed by atoms with Crippen molar-refractivity contribution in [3.8, 4) is 5.75 Å². The topological polar surface area (TPSA) is 91.6 Å². The number of carbonyl (C=O) groups excluding carboxylic acids is 3. The molecule has 2 amide bonds. The number of carbonyl (C=O) groups is 3. The Hall–Kier alpha value is -2.87. The van der Waals surface area contributed by atoms with Gasteiger partial charge in [-0.3, -0.25) is 19.3 Å². The van der Waals surface area contributed by atoms with Gasteiger partial charge >= 0.3 is 0 Å². The number of amides is 2. The smallest absolute Gasteiger partial charge is 0.256 e. The lowest BCUT2D eigenvalue weighted by Crippen LogP contribution is -2.46. The predicted octanol–water partition coefficient (Wildman–Crippen LogP) is 3.79. The molecule has 0 spiro atoms. The van der Waals surface area contributed by atoms with Crippen LogP contribution >= 0.6 is 0 Å². The summed E-state index contributed by atoms with van der Waals surface area (Å²) in [5.74, 6) is 1.75. The standard InChI is InChI=1S/C29H38N4O4/c1-37-23-11-9-21(10-12-23)28(35)22-13-15-32(16-14-22)19-27(34)33(17-20-7-8-20)18-26-30-25-6-4-2-3-5-24(25)29(36)31-26/h9-12,20,22,24H,2-8,13-19H2,1H3. The van der Waals surface area contributed by atoms with Gasteiger partial charge in [0.2, 0.25) is 5.91 Å². The van der Waals surface area contributed by atoms with Crippen molar-refractivity contribution in [2.45, 2.75) is 57.8 Å². The normalized spacial score (nSPS) is 22.9. The molecule has 2 heterocycles. The molecule has 0 bridgehead atoms. The number of ketones is 1. The molecule has 1 aromatic rings. The van der Waals surface area contributed by atoms with Crippen LogP contribution in [0.25, 0.3) is 0 Å². The molecule has 2 saturated carbocycles. The van der Waals surface area contributed by atoms with Crippen molar-refractivity contribution >= 4 is 29.1 Å². The zero-order valence-electron chi connectivity index (χ0n) is 21.9. The number of methoxy groups -OCH3 is 1. The molecule has 4 aliphatic rings. The molecule has 8 nitrogen and oxygen atoms in total. The van der Waals surface area contributed by atoms with E-state index in [0.29, 0.717) is 37.0 Å². The molecule has 37 heavy (non-hydrogen) atoms. The predicted molar refractivity (Wildman–Crippen MR) is 142 cm³/mol. The Bertz CT molecular complexity index is 1070. The highest BCUT2D eigenvalue weighted by molar-refractivity contribution is 6.16. The average Bonchev–Trinajstić information content (AvgIpc) is 3.75. The van der Waals surface area contributed by atoms with Gasteiger partial charge in [-0.25, -0.2) is 4.99 Å². The van der Waals surface area contributed by atoms with Crippen molar-refractivity contribution in [2.24, 2.45) is 27.7 Å². The van der Waals surface area contributed by atoms with Crippen LogP contribution in [0.4, 0.5) is 0 Å². The summed E-state index contributed by atoms with van der Waals surface area (Å²) < 4.78 is 5.19. The number of hydrogen-bond acceptors (Lipinski definition) is 6. The summed E-state index contributed by atoms with van der Waals surface area (Å²) >= 11 is 0. The maximum atomic E-state index is 13.4. The first-order valence-electron chi connectivity index (χ1n) is 13.9. The van der Waals surface area contributed by atoms with E-state index < -0.39 is 0 Å². The Morgan fingerprint density at radius 1 is 1.00 bits per heavy atom. The maximum Gasteiger partial charge on any atom is 0.256 e. The summed E-state index contributed by atoms with van der Waals surface area (Å²) in [6.45, 7) is 2.78. The largest absolute Gasteiger partial charge is 0.497 e. The number of amidine groups is 1. The minimum absolute atomic E-state index is 0.0201. The van der Waals surface area contributed by atoms with Crippen LogP contribution < -0.4 is 4.74 Å². The van der Waals surface area contributed by atoms with Crippen molar-refractivity contribution in [1.29, 1.82) is 0 Å². The summed E-state index contributed by atoms with van der Waals surface area (Å²) in [7, 11) is 1.61. The summed E-state index contributed by atoms with van der Waals surface area (Å²) in [4.78, 5) is 52.1. The molecule has 5 rings (SSSR count). The zero-order valence-corrected chi connectivity index (χ0v) is 21.9. The zero-order chi connectivity index (χ0) is 25.8. The lowest BCUT2D eigenvalue weighted by Gasteiger charge is -2.33. The average molecular weight is 507 g/mol. The van der Waals surface area contributed by atoms with E-state index in [0.717, 1.165) is 82.3 Å². The van der Waals surface area contributed by atoms with Gasteiger partial charge in [0.25, 0.3) is 5.91 Å². The van der Waals surface area contributed by atoms with Gasteiger partial charge in [-0.1, -0.05) is 12.8 Å². The number of hydrogen-bond donors (Lipinski definition) is 0. The minimum Gasteiger partial charge on any atom is -0.497 e. The third kappa shape index (κ3) is 6.53. The first-order valence-corrected chi connectivity index (χ1v) is 13.9. The van der Waals surface area contributed by atoms with Crippen molar-refractivity contribution in [2.75, 3.05) is 39.8 Å². The quantitative estimate of drug-likeness (QED) is 0.475. The Morgan fingerprint density at radius 3 is 2.46 bits per heavy atom. The molecule has 8 heteroatoms. The van der Waals surface area contributed by atoms with Gasteiger partial charge in [0, 0.05) is 23.7 Å². The molecule has 198 valence electrons. The Balaban J connectivity index is 1.16. The number of fused-ring (bicyclic) bond motifs is 1. The number of benzene rings is 1. The molecule has 1 saturated heterocycles. The number of likely N-dealkylation sites (tertiary alicyclic amines) is 1. The fraction of sp³-hybridized carbons (Fsp3) is 0.621. The van der Waals surface area contributed by atoms with E-state index in [4.69, 9.17) is 9.73 Å². The summed E-state index contributed by atoms with van der Waals surface area (Å²) in [5, 5.41) is 0. The van der Waals surface area contributed by atoms with Gasteiger partial charge in [0.1, 0.15) is 5.75 Å². The van der Waals surface area contributed by atoms with Gasteiger partial charge in [-0.05, 0) is 88.2 Å². The van der Waals surface area contributed by atoms with Crippen molar-refractivity contribution < 1.29 is 19.1 Å². The van der Waals surface area contributed by atoms with Gasteiger partial charge in [-0.2, -0.15) is 4.99 Å². The lowest BCUT2D eigenvalue weighted by atomic mass is 9.89. The summed E-state index contributed by atoms with van der Waals surface area (Å²) in [5.41, 5.74) is 1.68. The Kier molecular flexibility index (Phi) is 8.13. The minimum atomic E-state index is -0.152. The van der Waals surface area contributed by atoms with Gasteiger partial charge in [0.05, 0.1) is 26.1 Å². The molecule has 2 aliphatic heterocycles. The van der Waals surface area contributed by atoms with Gasteiger partial charge < -0.3 is 9.64 Å². The monoisotopic (exact) mass is 506 g/mol. The van der Waals surface area contributed by atoms with Crippen LogP contribution in [-0.2, 0) is 9.59 Å². The highest BCUT2D eigenvalue weighted by atomic mass is 16.5. The van der Waals surface area contributed by atoms with E-state index in [1.54, 1.807) is 7.11 Å². The molecule has 0 radical (unpaired) electrons.